The summed E-state index contributed by atoms with van der Waals surface area (Å²) < 4.78 is 0. The van der Waals surface area contributed by atoms with Crippen LogP contribution < -0.4 is 5.32 Å². The van der Waals surface area contributed by atoms with Crippen molar-refractivity contribution in [1.82, 2.24) is 5.32 Å². The van der Waals surface area contributed by atoms with E-state index in [4.69, 9.17) is 0 Å². The largest absolute Gasteiger partial charge is 0.353 e. The van der Waals surface area contributed by atoms with E-state index >= 15 is 0 Å². The quantitative estimate of drug-likeness (QED) is 0.783. The highest BCUT2D eigenvalue weighted by molar-refractivity contribution is 6.04. The Hall–Kier alpha value is -0.860. The van der Waals surface area contributed by atoms with Crippen LogP contribution in [0.1, 0.15) is 66.7 Å². The topological polar surface area (TPSA) is 46.2 Å². The third-order valence-corrected chi connectivity index (χ3v) is 4.83. The first-order chi connectivity index (χ1) is 8.21. The molecular formula is C15H27NO2. The van der Waals surface area contributed by atoms with Crippen LogP contribution >= 0.6 is 0 Å². The predicted molar refractivity (Wildman–Crippen MR) is 73.3 cm³/mol. The molecule has 0 aliphatic heterocycles. The highest BCUT2D eigenvalue weighted by Gasteiger charge is 2.36. The number of rotatable bonds is 4. The number of carbonyl (C=O) groups is 2. The molecule has 3 heteroatoms. The van der Waals surface area contributed by atoms with Crippen molar-refractivity contribution >= 4 is 11.7 Å². The Morgan fingerprint density at radius 1 is 1.28 bits per heavy atom. The molecule has 1 aliphatic carbocycles. The van der Waals surface area contributed by atoms with Crippen LogP contribution in [0.15, 0.2) is 0 Å². The molecule has 0 bridgehead atoms. The molecule has 1 aliphatic rings. The lowest BCUT2D eigenvalue weighted by Gasteiger charge is -2.37. The summed E-state index contributed by atoms with van der Waals surface area (Å²) in [5.74, 6) is -0.200. The number of carbonyl (C=O) groups excluding carboxylic acids is 2. The monoisotopic (exact) mass is 253 g/mol. The minimum absolute atomic E-state index is 0.0748. The van der Waals surface area contributed by atoms with Gasteiger partial charge in [0.15, 0.2) is 0 Å². The minimum Gasteiger partial charge on any atom is -0.353 e. The lowest BCUT2D eigenvalue weighted by molar-refractivity contribution is -0.139. The van der Waals surface area contributed by atoms with Gasteiger partial charge < -0.3 is 5.32 Å². The highest BCUT2D eigenvalue weighted by atomic mass is 16.2. The molecule has 0 atom stereocenters. The second-order valence-electron chi connectivity index (χ2n) is 6.59. The molecule has 1 saturated carbocycles. The highest BCUT2D eigenvalue weighted by Crippen LogP contribution is 2.38. The Morgan fingerprint density at radius 3 is 2.17 bits per heavy atom. The van der Waals surface area contributed by atoms with Crippen molar-refractivity contribution in [3.05, 3.63) is 0 Å². The molecule has 0 aromatic rings. The van der Waals surface area contributed by atoms with Gasteiger partial charge in [0, 0.05) is 6.04 Å². The smallest absolute Gasteiger partial charge is 0.233 e. The third-order valence-electron chi connectivity index (χ3n) is 4.83. The fourth-order valence-electron chi connectivity index (χ4n) is 2.34. The molecule has 1 amide bonds. The van der Waals surface area contributed by atoms with Crippen LogP contribution in [0.5, 0.6) is 0 Å². The second-order valence-corrected chi connectivity index (χ2v) is 6.59. The zero-order chi connectivity index (χ0) is 14.0. The number of hydrogen-bond acceptors (Lipinski definition) is 2. The molecular weight excluding hydrogens is 226 g/mol. The lowest BCUT2D eigenvalue weighted by atomic mass is 9.72. The van der Waals surface area contributed by atoms with Gasteiger partial charge in [-0.15, -0.1) is 0 Å². The zero-order valence-electron chi connectivity index (χ0n) is 12.4. The van der Waals surface area contributed by atoms with Crippen LogP contribution in [-0.4, -0.2) is 17.7 Å². The van der Waals surface area contributed by atoms with E-state index in [1.807, 2.05) is 0 Å². The van der Waals surface area contributed by atoms with Crippen LogP contribution in [0, 0.1) is 10.8 Å². The molecule has 1 rings (SSSR count). The van der Waals surface area contributed by atoms with Crippen molar-refractivity contribution in [2.75, 3.05) is 0 Å². The van der Waals surface area contributed by atoms with Gasteiger partial charge in [0.2, 0.25) is 5.91 Å². The van der Waals surface area contributed by atoms with Gasteiger partial charge in [0.05, 0.1) is 0 Å². The maximum Gasteiger partial charge on any atom is 0.233 e. The Kier molecular flexibility index (Phi) is 4.57. The van der Waals surface area contributed by atoms with E-state index in [9.17, 15) is 9.59 Å². The summed E-state index contributed by atoms with van der Waals surface area (Å²) in [5.41, 5.74) is -0.456. The maximum absolute atomic E-state index is 12.1. The van der Waals surface area contributed by atoms with Gasteiger partial charge in [-0.1, -0.05) is 20.3 Å². The van der Waals surface area contributed by atoms with Gasteiger partial charge in [-0.25, -0.2) is 0 Å². The Bertz CT molecular complexity index is 325. The van der Waals surface area contributed by atoms with Crippen LogP contribution in [0.2, 0.25) is 0 Å². The van der Waals surface area contributed by atoms with E-state index < -0.39 is 5.41 Å². The molecule has 3 nitrogen and oxygen atoms in total. The molecule has 0 unspecified atom stereocenters. The predicted octanol–water partition coefficient (Wildman–Crippen LogP) is 3.08. The number of hydrogen-bond donors (Lipinski definition) is 1. The van der Waals surface area contributed by atoms with Gasteiger partial charge in [-0.3, -0.25) is 9.59 Å². The molecule has 0 heterocycles. The number of amides is 1. The third kappa shape index (κ3) is 3.33. The molecule has 0 spiro atoms. The molecule has 0 aromatic carbocycles. The lowest BCUT2D eigenvalue weighted by Crippen LogP contribution is -2.47. The van der Waals surface area contributed by atoms with Crippen molar-refractivity contribution in [1.29, 1.82) is 0 Å². The van der Waals surface area contributed by atoms with Gasteiger partial charge in [0.25, 0.3) is 0 Å². The summed E-state index contributed by atoms with van der Waals surface area (Å²) in [6.07, 6.45) is 5.59. The van der Waals surface area contributed by atoms with Crippen LogP contribution in [0.3, 0.4) is 0 Å². The van der Waals surface area contributed by atoms with Crippen LogP contribution in [-0.2, 0) is 9.59 Å². The normalized spacial score (nSPS) is 28.8. The molecule has 104 valence electrons. The standard InChI is InChI=1S/C15H27NO2/c1-6-15(5)9-7-12(8-10-15)16-13(18)14(3,4)11(2)17/h12H,6-10H2,1-5H3,(H,16,18). The van der Waals surface area contributed by atoms with E-state index in [1.54, 1.807) is 13.8 Å². The molecule has 18 heavy (non-hydrogen) atoms. The maximum atomic E-state index is 12.1. The van der Waals surface area contributed by atoms with E-state index in [-0.39, 0.29) is 17.7 Å². The molecule has 1 fully saturated rings. The van der Waals surface area contributed by atoms with Crippen LogP contribution in [0.25, 0.3) is 0 Å². The zero-order valence-corrected chi connectivity index (χ0v) is 12.4. The van der Waals surface area contributed by atoms with Crippen molar-refractivity contribution < 1.29 is 9.59 Å². The molecule has 0 radical (unpaired) electrons. The number of Topliss-reactive ketones (excluding diaryl/α,β-unsaturated/α-hetero) is 1. The average Bonchev–Trinajstić information content (AvgIpc) is 2.32. The van der Waals surface area contributed by atoms with E-state index in [2.05, 4.69) is 19.2 Å². The molecule has 0 saturated heterocycles. The first kappa shape index (κ1) is 15.2. The second kappa shape index (κ2) is 5.41. The van der Waals surface area contributed by atoms with E-state index in [0.29, 0.717) is 5.41 Å². The SMILES string of the molecule is CCC1(C)CCC(NC(=O)C(C)(C)C(C)=O)CC1. The Labute approximate surface area is 111 Å². The first-order valence-electron chi connectivity index (χ1n) is 7.03. The van der Waals surface area contributed by atoms with Crippen molar-refractivity contribution in [3.8, 4) is 0 Å². The molecule has 1 N–H and O–H groups in total. The fraction of sp³-hybridized carbons (Fsp3) is 0.867. The molecule has 0 aromatic heterocycles. The summed E-state index contributed by atoms with van der Waals surface area (Å²) in [5, 5.41) is 3.04. The first-order valence-corrected chi connectivity index (χ1v) is 7.03. The summed E-state index contributed by atoms with van der Waals surface area (Å²) in [4.78, 5) is 23.5. The van der Waals surface area contributed by atoms with Crippen molar-refractivity contribution in [2.24, 2.45) is 10.8 Å². The van der Waals surface area contributed by atoms with Gasteiger partial charge in [0.1, 0.15) is 11.2 Å². The summed E-state index contributed by atoms with van der Waals surface area (Å²) >= 11 is 0. The van der Waals surface area contributed by atoms with E-state index in [1.165, 1.54) is 13.3 Å². The van der Waals surface area contributed by atoms with Crippen molar-refractivity contribution in [2.45, 2.75) is 72.8 Å². The fourth-order valence-corrected chi connectivity index (χ4v) is 2.34. The number of ketones is 1. The van der Waals surface area contributed by atoms with Gasteiger partial charge >= 0.3 is 0 Å². The Morgan fingerprint density at radius 2 is 1.78 bits per heavy atom. The van der Waals surface area contributed by atoms with Crippen molar-refractivity contribution in [3.63, 3.8) is 0 Å². The van der Waals surface area contributed by atoms with Gasteiger partial charge in [-0.05, 0) is 51.9 Å². The average molecular weight is 253 g/mol. The Balaban J connectivity index is 2.52. The summed E-state index contributed by atoms with van der Waals surface area (Å²) in [7, 11) is 0. The van der Waals surface area contributed by atoms with E-state index in [0.717, 1.165) is 25.7 Å². The summed E-state index contributed by atoms with van der Waals surface area (Å²) in [6, 6.07) is 0.246. The number of nitrogens with one attached hydrogen (secondary N) is 1. The minimum atomic E-state index is -0.897. The summed E-state index contributed by atoms with van der Waals surface area (Å²) in [6.45, 7) is 9.43. The van der Waals surface area contributed by atoms with Crippen LogP contribution in [0.4, 0.5) is 0 Å². The van der Waals surface area contributed by atoms with Gasteiger partial charge in [-0.2, -0.15) is 0 Å².